The Bertz CT molecular complexity index is 525. The maximum absolute atomic E-state index is 8.61. The molecule has 4 nitrogen and oxygen atoms in total. The summed E-state index contributed by atoms with van der Waals surface area (Å²) < 4.78 is 0. The highest BCUT2D eigenvalue weighted by molar-refractivity contribution is 5.58. The highest BCUT2D eigenvalue weighted by Crippen LogP contribution is 2.15. The number of nitrogens with zero attached hydrogens (tertiary/aromatic N) is 3. The predicted octanol–water partition coefficient (Wildman–Crippen LogP) is 2.40. The van der Waals surface area contributed by atoms with Crippen molar-refractivity contribution in [3.63, 3.8) is 0 Å². The van der Waals surface area contributed by atoms with E-state index in [0.717, 1.165) is 16.9 Å². The average molecular weight is 210 g/mol. The number of rotatable bonds is 2. The van der Waals surface area contributed by atoms with E-state index in [4.69, 9.17) is 5.26 Å². The first-order chi connectivity index (χ1) is 7.78. The van der Waals surface area contributed by atoms with Gasteiger partial charge < -0.3 is 5.32 Å². The number of nitriles is 1. The van der Waals surface area contributed by atoms with Gasteiger partial charge in [-0.2, -0.15) is 5.26 Å². The molecule has 0 aliphatic carbocycles. The Kier molecular flexibility index (Phi) is 2.79. The highest BCUT2D eigenvalue weighted by Gasteiger charge is 1.96. The topological polar surface area (TPSA) is 61.6 Å². The molecular weight excluding hydrogens is 200 g/mol. The summed E-state index contributed by atoms with van der Waals surface area (Å²) in [4.78, 5) is 8.05. The van der Waals surface area contributed by atoms with Gasteiger partial charge in [-0.3, -0.25) is 4.98 Å². The van der Waals surface area contributed by atoms with Crippen LogP contribution in [0, 0.1) is 18.3 Å². The first-order valence-electron chi connectivity index (χ1n) is 4.83. The fourth-order valence-electron chi connectivity index (χ4n) is 1.32. The van der Waals surface area contributed by atoms with Crippen LogP contribution in [0.25, 0.3) is 0 Å². The largest absolute Gasteiger partial charge is 0.353 e. The lowest BCUT2D eigenvalue weighted by molar-refractivity contribution is 1.24. The minimum atomic E-state index is 0.410. The van der Waals surface area contributed by atoms with Crippen molar-refractivity contribution in [3.8, 4) is 6.07 Å². The summed E-state index contributed by atoms with van der Waals surface area (Å²) in [6, 6.07) is 7.45. The zero-order valence-corrected chi connectivity index (χ0v) is 8.81. The number of nitrogens with one attached hydrogen (secondary N) is 1. The van der Waals surface area contributed by atoms with E-state index in [-0.39, 0.29) is 0 Å². The number of anilines is 2. The smallest absolute Gasteiger partial charge is 0.140 e. The summed E-state index contributed by atoms with van der Waals surface area (Å²) in [7, 11) is 0. The summed E-state index contributed by atoms with van der Waals surface area (Å²) in [5.74, 6) is 0. The van der Waals surface area contributed by atoms with Crippen LogP contribution in [0.15, 0.2) is 36.8 Å². The quantitative estimate of drug-likeness (QED) is 0.826. The maximum atomic E-state index is 8.61. The normalized spacial score (nSPS) is 9.50. The molecule has 0 saturated carbocycles. The van der Waals surface area contributed by atoms with Crippen LogP contribution in [0.5, 0.6) is 0 Å². The first-order valence-corrected chi connectivity index (χ1v) is 4.83. The van der Waals surface area contributed by atoms with E-state index in [1.165, 1.54) is 0 Å². The van der Waals surface area contributed by atoms with E-state index in [1.807, 2.05) is 25.1 Å². The van der Waals surface area contributed by atoms with Gasteiger partial charge in [0.05, 0.1) is 23.8 Å². The van der Waals surface area contributed by atoms with Crippen molar-refractivity contribution in [2.75, 3.05) is 5.32 Å². The van der Waals surface area contributed by atoms with Crippen LogP contribution < -0.4 is 5.32 Å². The molecule has 0 fully saturated rings. The molecule has 16 heavy (non-hydrogen) atoms. The molecule has 0 atom stereocenters. The second-order valence-electron chi connectivity index (χ2n) is 3.42. The Morgan fingerprint density at radius 3 is 2.69 bits per heavy atom. The summed E-state index contributed by atoms with van der Waals surface area (Å²) in [5.41, 5.74) is 3.25. The van der Waals surface area contributed by atoms with E-state index in [9.17, 15) is 0 Å². The first kappa shape index (κ1) is 10.1. The van der Waals surface area contributed by atoms with Gasteiger partial charge in [0.15, 0.2) is 0 Å². The Hall–Kier alpha value is -2.41. The zero-order chi connectivity index (χ0) is 11.4. The van der Waals surface area contributed by atoms with E-state index in [1.54, 1.807) is 24.7 Å². The lowest BCUT2D eigenvalue weighted by Gasteiger charge is -2.05. The van der Waals surface area contributed by atoms with Gasteiger partial charge in [-0.1, -0.05) is 0 Å². The van der Waals surface area contributed by atoms with Crippen LogP contribution in [-0.2, 0) is 0 Å². The molecule has 0 radical (unpaired) electrons. The van der Waals surface area contributed by atoms with Gasteiger partial charge >= 0.3 is 0 Å². The molecule has 2 aromatic heterocycles. The highest BCUT2D eigenvalue weighted by atomic mass is 14.9. The van der Waals surface area contributed by atoms with Crippen LogP contribution in [0.1, 0.15) is 11.3 Å². The van der Waals surface area contributed by atoms with Crippen molar-refractivity contribution in [3.05, 3.63) is 48.0 Å². The second kappa shape index (κ2) is 4.41. The molecule has 2 aromatic rings. The van der Waals surface area contributed by atoms with Crippen LogP contribution >= 0.6 is 0 Å². The standard InChI is InChI=1S/C12H10N4/c1-9-4-12(7-14-6-9)16-11-3-2-10(5-13)15-8-11/h2-4,6-8,16H,1H3. The second-order valence-corrected chi connectivity index (χ2v) is 3.42. The summed E-state index contributed by atoms with van der Waals surface area (Å²) in [6.45, 7) is 1.98. The number of hydrogen-bond donors (Lipinski definition) is 1. The zero-order valence-electron chi connectivity index (χ0n) is 8.81. The van der Waals surface area contributed by atoms with Crippen molar-refractivity contribution in [2.24, 2.45) is 0 Å². The lowest BCUT2D eigenvalue weighted by atomic mass is 10.3. The fraction of sp³-hybridized carbons (Fsp3) is 0.0833. The number of aromatic nitrogens is 2. The van der Waals surface area contributed by atoms with Crippen LogP contribution in [0.3, 0.4) is 0 Å². The number of hydrogen-bond acceptors (Lipinski definition) is 4. The molecule has 0 saturated heterocycles. The van der Waals surface area contributed by atoms with Crippen molar-refractivity contribution in [2.45, 2.75) is 6.92 Å². The van der Waals surface area contributed by atoms with Gasteiger partial charge in [0.1, 0.15) is 11.8 Å². The molecule has 1 N–H and O–H groups in total. The Morgan fingerprint density at radius 2 is 2.06 bits per heavy atom. The minimum absolute atomic E-state index is 0.410. The van der Waals surface area contributed by atoms with Crippen molar-refractivity contribution >= 4 is 11.4 Å². The molecule has 0 aliphatic rings. The molecule has 78 valence electrons. The number of pyridine rings is 2. The molecule has 2 rings (SSSR count). The molecule has 0 aliphatic heterocycles. The summed E-state index contributed by atoms with van der Waals surface area (Å²) >= 11 is 0. The summed E-state index contributed by atoms with van der Waals surface area (Å²) in [5, 5.41) is 11.8. The number of aryl methyl sites for hydroxylation is 1. The molecule has 0 bridgehead atoms. The van der Waals surface area contributed by atoms with Crippen LogP contribution in [0.4, 0.5) is 11.4 Å². The SMILES string of the molecule is Cc1cncc(Nc2ccc(C#N)nc2)c1. The van der Waals surface area contributed by atoms with Crippen molar-refractivity contribution < 1.29 is 0 Å². The van der Waals surface area contributed by atoms with E-state index >= 15 is 0 Å². The van der Waals surface area contributed by atoms with E-state index in [0.29, 0.717) is 5.69 Å². The van der Waals surface area contributed by atoms with E-state index < -0.39 is 0 Å². The van der Waals surface area contributed by atoms with Gasteiger partial charge in [0.25, 0.3) is 0 Å². The summed E-state index contributed by atoms with van der Waals surface area (Å²) in [6.07, 6.45) is 5.16. The third-order valence-corrected chi connectivity index (χ3v) is 2.04. The van der Waals surface area contributed by atoms with Crippen molar-refractivity contribution in [1.29, 1.82) is 5.26 Å². The monoisotopic (exact) mass is 210 g/mol. The van der Waals surface area contributed by atoms with Crippen molar-refractivity contribution in [1.82, 2.24) is 9.97 Å². The Morgan fingerprint density at radius 1 is 1.19 bits per heavy atom. The molecule has 4 heteroatoms. The minimum Gasteiger partial charge on any atom is -0.353 e. The molecule has 2 heterocycles. The lowest BCUT2D eigenvalue weighted by Crippen LogP contribution is -1.93. The van der Waals surface area contributed by atoms with Gasteiger partial charge in [-0.25, -0.2) is 4.98 Å². The van der Waals surface area contributed by atoms with Gasteiger partial charge in [0.2, 0.25) is 0 Å². The van der Waals surface area contributed by atoms with Gasteiger partial charge in [-0.15, -0.1) is 0 Å². The van der Waals surface area contributed by atoms with Crippen LogP contribution in [-0.4, -0.2) is 9.97 Å². The Labute approximate surface area is 93.6 Å². The van der Waals surface area contributed by atoms with Gasteiger partial charge in [-0.05, 0) is 30.7 Å². The third-order valence-electron chi connectivity index (χ3n) is 2.04. The molecule has 0 spiro atoms. The van der Waals surface area contributed by atoms with E-state index in [2.05, 4.69) is 15.3 Å². The predicted molar refractivity (Wildman–Crippen MR) is 61.2 cm³/mol. The molecular formula is C12H10N4. The Balaban J connectivity index is 2.18. The molecule has 0 aromatic carbocycles. The van der Waals surface area contributed by atoms with Gasteiger partial charge in [0, 0.05) is 6.20 Å². The molecule has 0 unspecified atom stereocenters. The average Bonchev–Trinajstić information content (AvgIpc) is 2.30. The third kappa shape index (κ3) is 2.34. The maximum Gasteiger partial charge on any atom is 0.140 e. The van der Waals surface area contributed by atoms with Crippen LogP contribution in [0.2, 0.25) is 0 Å². The fourth-order valence-corrected chi connectivity index (χ4v) is 1.32. The molecule has 0 amide bonds.